The van der Waals surface area contributed by atoms with E-state index in [1.54, 1.807) is 24.3 Å². The van der Waals surface area contributed by atoms with Crippen molar-refractivity contribution in [1.29, 1.82) is 0 Å². The van der Waals surface area contributed by atoms with Crippen LogP contribution in [-0.4, -0.2) is 30.0 Å². The molecule has 2 atom stereocenters. The van der Waals surface area contributed by atoms with Crippen LogP contribution in [0, 0.1) is 17.6 Å². The standard InChI is InChI=1S/C20H18F2N2O2S/c21-15-6-7-16(17(22)10-15)20-12-26-9-8-14(20)11-27-19(24-20)23-18(25)13-4-2-1-3-5-13/h1-7,10,14H,8-9,11-12H2,(H,23,24,25). The minimum atomic E-state index is -0.958. The first-order chi connectivity index (χ1) is 13.1. The van der Waals surface area contributed by atoms with Gasteiger partial charge in [0.25, 0.3) is 5.91 Å². The number of nitrogens with zero attached hydrogens (tertiary/aromatic N) is 1. The lowest BCUT2D eigenvalue weighted by molar-refractivity contribution is 0.00285. The molecular weight excluding hydrogens is 370 g/mol. The van der Waals surface area contributed by atoms with Gasteiger partial charge in [-0.05, 0) is 24.6 Å². The fourth-order valence-electron chi connectivity index (χ4n) is 3.57. The average Bonchev–Trinajstić information content (AvgIpc) is 2.68. The Morgan fingerprint density at radius 1 is 1.22 bits per heavy atom. The summed E-state index contributed by atoms with van der Waals surface area (Å²) >= 11 is 1.44. The Balaban J connectivity index is 1.70. The van der Waals surface area contributed by atoms with Gasteiger partial charge in [-0.1, -0.05) is 36.0 Å². The SMILES string of the molecule is O=C(NC1=NC2(c3ccc(F)cc3F)COCCC2CS1)c1ccccc1. The quantitative estimate of drug-likeness (QED) is 0.853. The van der Waals surface area contributed by atoms with E-state index < -0.39 is 17.2 Å². The number of thioether (sulfide) groups is 1. The van der Waals surface area contributed by atoms with Crippen LogP contribution in [0.3, 0.4) is 0 Å². The van der Waals surface area contributed by atoms with Gasteiger partial charge in [0.15, 0.2) is 5.17 Å². The Kier molecular flexibility index (Phi) is 4.97. The topological polar surface area (TPSA) is 50.7 Å². The number of benzene rings is 2. The molecule has 2 unspecified atom stereocenters. The normalized spacial score (nSPS) is 24.7. The Hall–Kier alpha value is -2.25. The summed E-state index contributed by atoms with van der Waals surface area (Å²) in [5.41, 5.74) is -0.134. The number of carbonyl (C=O) groups excluding carboxylic acids is 1. The molecule has 4 rings (SSSR count). The van der Waals surface area contributed by atoms with Crippen molar-refractivity contribution < 1.29 is 18.3 Å². The first-order valence-electron chi connectivity index (χ1n) is 8.71. The highest BCUT2D eigenvalue weighted by Gasteiger charge is 2.47. The van der Waals surface area contributed by atoms with Crippen molar-refractivity contribution in [2.24, 2.45) is 10.9 Å². The summed E-state index contributed by atoms with van der Waals surface area (Å²) in [5.74, 6) is -0.823. The van der Waals surface area contributed by atoms with Gasteiger partial charge in [-0.2, -0.15) is 0 Å². The molecule has 1 saturated heterocycles. The summed E-state index contributed by atoms with van der Waals surface area (Å²) in [4.78, 5) is 17.2. The molecule has 27 heavy (non-hydrogen) atoms. The lowest BCUT2D eigenvalue weighted by Crippen LogP contribution is -2.49. The predicted octanol–water partition coefficient (Wildman–Crippen LogP) is 3.73. The van der Waals surface area contributed by atoms with Crippen molar-refractivity contribution in [3.63, 3.8) is 0 Å². The number of aliphatic imine (C=N–C) groups is 1. The van der Waals surface area contributed by atoms with Gasteiger partial charge in [0, 0.05) is 35.5 Å². The van der Waals surface area contributed by atoms with E-state index in [0.29, 0.717) is 28.7 Å². The van der Waals surface area contributed by atoms with Gasteiger partial charge in [0.05, 0.1) is 6.61 Å². The minimum absolute atomic E-state index is 0.0496. The Morgan fingerprint density at radius 2 is 2.04 bits per heavy atom. The highest BCUT2D eigenvalue weighted by Crippen LogP contribution is 2.45. The number of fused-ring (bicyclic) bond motifs is 1. The Labute approximate surface area is 160 Å². The van der Waals surface area contributed by atoms with E-state index in [1.165, 1.54) is 23.9 Å². The molecular formula is C20H18F2N2O2S. The summed E-state index contributed by atoms with van der Waals surface area (Å²) < 4.78 is 33.6. The highest BCUT2D eigenvalue weighted by molar-refractivity contribution is 8.13. The van der Waals surface area contributed by atoms with Crippen LogP contribution in [0.2, 0.25) is 0 Å². The summed E-state index contributed by atoms with van der Waals surface area (Å²) in [6.45, 7) is 0.780. The number of nitrogens with one attached hydrogen (secondary N) is 1. The number of rotatable bonds is 2. The third kappa shape index (κ3) is 3.49. The van der Waals surface area contributed by atoms with Gasteiger partial charge in [-0.3, -0.25) is 4.79 Å². The Morgan fingerprint density at radius 3 is 2.81 bits per heavy atom. The first kappa shape index (κ1) is 18.1. The van der Waals surface area contributed by atoms with E-state index >= 15 is 0 Å². The second-order valence-corrected chi connectivity index (χ2v) is 7.64. The van der Waals surface area contributed by atoms with E-state index in [1.807, 2.05) is 6.07 Å². The van der Waals surface area contributed by atoms with Gasteiger partial charge >= 0.3 is 0 Å². The summed E-state index contributed by atoms with van der Waals surface area (Å²) in [5, 5.41) is 3.24. The van der Waals surface area contributed by atoms with E-state index in [2.05, 4.69) is 5.32 Å². The zero-order valence-corrected chi connectivity index (χ0v) is 15.3. The molecule has 2 aliphatic heterocycles. The summed E-state index contributed by atoms with van der Waals surface area (Å²) in [6.07, 6.45) is 0.729. The Bertz CT molecular complexity index is 891. The van der Waals surface area contributed by atoms with Gasteiger partial charge in [-0.15, -0.1) is 0 Å². The van der Waals surface area contributed by atoms with Crippen LogP contribution in [-0.2, 0) is 10.3 Å². The molecule has 0 bridgehead atoms. The van der Waals surface area contributed by atoms with Gasteiger partial charge in [0.2, 0.25) is 0 Å². The van der Waals surface area contributed by atoms with Gasteiger partial charge < -0.3 is 10.1 Å². The van der Waals surface area contributed by atoms with Crippen molar-refractivity contribution in [2.45, 2.75) is 12.0 Å². The molecule has 0 aromatic heterocycles. The third-order valence-corrected chi connectivity index (χ3v) is 6.02. The van der Waals surface area contributed by atoms with E-state index in [9.17, 15) is 13.6 Å². The van der Waals surface area contributed by atoms with Crippen molar-refractivity contribution in [1.82, 2.24) is 5.32 Å². The molecule has 1 fully saturated rings. The second-order valence-electron chi connectivity index (χ2n) is 6.63. The van der Waals surface area contributed by atoms with Crippen molar-refractivity contribution in [3.05, 3.63) is 71.3 Å². The molecule has 4 nitrogen and oxygen atoms in total. The number of carbonyl (C=O) groups is 1. The van der Waals surface area contributed by atoms with Crippen LogP contribution in [0.1, 0.15) is 22.3 Å². The molecule has 7 heteroatoms. The smallest absolute Gasteiger partial charge is 0.257 e. The minimum Gasteiger partial charge on any atom is -0.379 e. The molecule has 2 aliphatic rings. The van der Waals surface area contributed by atoms with E-state index in [4.69, 9.17) is 9.73 Å². The number of hydrogen-bond acceptors (Lipinski definition) is 4. The summed E-state index contributed by atoms with van der Waals surface area (Å²) in [6, 6.07) is 12.4. The molecule has 1 N–H and O–H groups in total. The predicted molar refractivity (Wildman–Crippen MR) is 101 cm³/mol. The maximum Gasteiger partial charge on any atom is 0.257 e. The monoisotopic (exact) mass is 388 g/mol. The highest BCUT2D eigenvalue weighted by atomic mass is 32.2. The molecule has 2 heterocycles. The second kappa shape index (κ2) is 7.40. The maximum absolute atomic E-state index is 14.6. The largest absolute Gasteiger partial charge is 0.379 e. The average molecular weight is 388 g/mol. The van der Waals surface area contributed by atoms with Crippen LogP contribution in [0.4, 0.5) is 8.78 Å². The van der Waals surface area contributed by atoms with Crippen LogP contribution in [0.5, 0.6) is 0 Å². The van der Waals surface area contributed by atoms with E-state index in [-0.39, 0.29) is 18.4 Å². The van der Waals surface area contributed by atoms with Crippen LogP contribution >= 0.6 is 11.8 Å². The zero-order valence-electron chi connectivity index (χ0n) is 14.5. The van der Waals surface area contributed by atoms with Crippen molar-refractivity contribution in [3.8, 4) is 0 Å². The molecule has 0 aliphatic carbocycles. The zero-order chi connectivity index (χ0) is 18.9. The van der Waals surface area contributed by atoms with Crippen LogP contribution < -0.4 is 5.32 Å². The molecule has 1 amide bonds. The molecule has 0 spiro atoms. The molecule has 0 saturated carbocycles. The van der Waals surface area contributed by atoms with Crippen LogP contribution in [0.25, 0.3) is 0 Å². The van der Waals surface area contributed by atoms with Crippen molar-refractivity contribution >= 4 is 22.8 Å². The maximum atomic E-state index is 14.6. The molecule has 2 aromatic carbocycles. The number of hydrogen-bond donors (Lipinski definition) is 1. The third-order valence-electron chi connectivity index (χ3n) is 4.98. The first-order valence-corrected chi connectivity index (χ1v) is 9.69. The molecule has 140 valence electrons. The molecule has 2 aromatic rings. The number of amides is 1. The fourth-order valence-corrected chi connectivity index (χ4v) is 4.76. The fraction of sp³-hybridized carbons (Fsp3) is 0.300. The van der Waals surface area contributed by atoms with Crippen molar-refractivity contribution in [2.75, 3.05) is 19.0 Å². The number of amidine groups is 1. The van der Waals surface area contributed by atoms with Gasteiger partial charge in [-0.25, -0.2) is 13.8 Å². The number of halogens is 2. The van der Waals surface area contributed by atoms with E-state index in [0.717, 1.165) is 12.5 Å². The number of ether oxygens (including phenoxy) is 1. The van der Waals surface area contributed by atoms with Gasteiger partial charge in [0.1, 0.15) is 17.2 Å². The summed E-state index contributed by atoms with van der Waals surface area (Å²) in [7, 11) is 0. The lowest BCUT2D eigenvalue weighted by atomic mass is 9.76. The lowest BCUT2D eigenvalue weighted by Gasteiger charge is -2.44. The molecule has 0 radical (unpaired) electrons. The van der Waals surface area contributed by atoms with Crippen LogP contribution in [0.15, 0.2) is 53.5 Å².